The summed E-state index contributed by atoms with van der Waals surface area (Å²) in [5.41, 5.74) is 1.27. The van der Waals surface area contributed by atoms with Gasteiger partial charge in [-0.2, -0.15) is 0 Å². The summed E-state index contributed by atoms with van der Waals surface area (Å²) in [6.07, 6.45) is 0. The molecule has 88 valence electrons. The van der Waals surface area contributed by atoms with Crippen molar-refractivity contribution < 1.29 is 4.74 Å². The van der Waals surface area contributed by atoms with Crippen LogP contribution in [-0.2, 0) is 0 Å². The van der Waals surface area contributed by atoms with Crippen LogP contribution in [0.25, 0.3) is 0 Å². The van der Waals surface area contributed by atoms with Crippen molar-refractivity contribution in [3.05, 3.63) is 27.7 Å². The third-order valence-electron chi connectivity index (χ3n) is 3.13. The fourth-order valence-electron chi connectivity index (χ4n) is 2.06. The molecule has 1 aliphatic heterocycles. The molecule has 1 aromatic rings. The summed E-state index contributed by atoms with van der Waals surface area (Å²) in [6.45, 7) is 5.42. The topological polar surface area (TPSA) is 21.3 Å². The van der Waals surface area contributed by atoms with Crippen LogP contribution >= 0.6 is 23.2 Å². The Labute approximate surface area is 106 Å². The summed E-state index contributed by atoms with van der Waals surface area (Å²) in [5, 5.41) is 4.68. The van der Waals surface area contributed by atoms with Crippen LogP contribution in [0.1, 0.15) is 25.5 Å². The normalized spacial score (nSPS) is 22.7. The fraction of sp³-hybridized carbons (Fsp3) is 0.500. The van der Waals surface area contributed by atoms with E-state index in [0.717, 1.165) is 12.1 Å². The molecular formula is C12H15Cl2NO. The number of hydrogen-bond acceptors (Lipinski definition) is 2. The van der Waals surface area contributed by atoms with Gasteiger partial charge in [0.05, 0.1) is 12.1 Å². The van der Waals surface area contributed by atoms with Gasteiger partial charge in [0.1, 0.15) is 5.75 Å². The molecule has 1 unspecified atom stereocenters. The number of rotatable bonds is 2. The van der Waals surface area contributed by atoms with E-state index < -0.39 is 0 Å². The van der Waals surface area contributed by atoms with Crippen LogP contribution in [0.4, 0.5) is 0 Å². The predicted molar refractivity (Wildman–Crippen MR) is 67.5 cm³/mol. The average molecular weight is 260 g/mol. The smallest absolute Gasteiger partial charge is 0.138 e. The monoisotopic (exact) mass is 259 g/mol. The molecule has 2 nitrogen and oxygen atoms in total. The van der Waals surface area contributed by atoms with Crippen LogP contribution in [0.3, 0.4) is 0 Å². The lowest BCUT2D eigenvalue weighted by Crippen LogP contribution is -2.52. The maximum Gasteiger partial charge on any atom is 0.138 e. The molecule has 1 aliphatic rings. The third kappa shape index (κ3) is 1.90. The maximum absolute atomic E-state index is 6.24. The molecule has 1 N–H and O–H groups in total. The highest BCUT2D eigenvalue weighted by atomic mass is 35.5. The number of methoxy groups -OCH3 is 1. The number of hydrogen-bond donors (Lipinski definition) is 1. The molecule has 1 heterocycles. The van der Waals surface area contributed by atoms with Gasteiger partial charge in [-0.05, 0) is 17.0 Å². The standard InChI is InChI=1S/C12H15Cl2NO/c1-12(2)6-15-11(12)7-4-9(14)10(16-3)5-8(7)13/h4-5,11,15H,6H2,1-3H3. The molecule has 4 heteroatoms. The van der Waals surface area contributed by atoms with Crippen molar-refractivity contribution in [2.75, 3.05) is 13.7 Å². The van der Waals surface area contributed by atoms with Gasteiger partial charge in [-0.3, -0.25) is 0 Å². The van der Waals surface area contributed by atoms with E-state index in [1.807, 2.05) is 6.07 Å². The lowest BCUT2D eigenvalue weighted by atomic mass is 9.74. The van der Waals surface area contributed by atoms with E-state index in [1.165, 1.54) is 0 Å². The highest BCUT2D eigenvalue weighted by Gasteiger charge is 2.40. The van der Waals surface area contributed by atoms with Crippen LogP contribution in [-0.4, -0.2) is 13.7 Å². The minimum atomic E-state index is 0.224. The first-order valence-electron chi connectivity index (χ1n) is 5.22. The van der Waals surface area contributed by atoms with Gasteiger partial charge in [-0.25, -0.2) is 0 Å². The Bertz CT molecular complexity index is 418. The first kappa shape index (κ1) is 12.0. The van der Waals surface area contributed by atoms with E-state index in [4.69, 9.17) is 27.9 Å². The van der Waals surface area contributed by atoms with Crippen molar-refractivity contribution in [1.82, 2.24) is 5.32 Å². The van der Waals surface area contributed by atoms with Gasteiger partial charge in [0, 0.05) is 23.7 Å². The number of nitrogens with one attached hydrogen (secondary N) is 1. The molecule has 0 bridgehead atoms. The summed E-state index contributed by atoms with van der Waals surface area (Å²) in [7, 11) is 1.59. The van der Waals surface area contributed by atoms with Crippen LogP contribution in [0, 0.1) is 5.41 Å². The highest BCUT2D eigenvalue weighted by Crippen LogP contribution is 2.44. The van der Waals surface area contributed by atoms with Gasteiger partial charge >= 0.3 is 0 Å². The van der Waals surface area contributed by atoms with Crippen molar-refractivity contribution in [3.8, 4) is 5.75 Å². The molecule has 1 fully saturated rings. The Morgan fingerprint density at radius 3 is 2.44 bits per heavy atom. The summed E-state index contributed by atoms with van der Waals surface area (Å²) >= 11 is 12.3. The lowest BCUT2D eigenvalue weighted by Gasteiger charge is -2.46. The minimum absolute atomic E-state index is 0.224. The number of ether oxygens (including phenoxy) is 1. The molecule has 1 aromatic carbocycles. The zero-order valence-electron chi connectivity index (χ0n) is 9.60. The van der Waals surface area contributed by atoms with E-state index >= 15 is 0 Å². The Hall–Kier alpha value is -0.440. The summed E-state index contributed by atoms with van der Waals surface area (Å²) in [5.74, 6) is 0.618. The summed E-state index contributed by atoms with van der Waals surface area (Å²) in [6, 6.07) is 3.93. The summed E-state index contributed by atoms with van der Waals surface area (Å²) < 4.78 is 5.13. The molecule has 1 saturated heterocycles. The van der Waals surface area contributed by atoms with Crippen molar-refractivity contribution in [3.63, 3.8) is 0 Å². The number of benzene rings is 1. The van der Waals surface area contributed by atoms with Gasteiger partial charge in [0.25, 0.3) is 0 Å². The fourth-order valence-corrected chi connectivity index (χ4v) is 2.58. The van der Waals surface area contributed by atoms with Crippen molar-refractivity contribution in [2.24, 2.45) is 5.41 Å². The van der Waals surface area contributed by atoms with Gasteiger partial charge in [0.2, 0.25) is 0 Å². The molecule has 0 aliphatic carbocycles. The second-order valence-electron chi connectivity index (χ2n) is 4.81. The van der Waals surface area contributed by atoms with Gasteiger partial charge in [-0.1, -0.05) is 37.0 Å². The first-order chi connectivity index (χ1) is 7.45. The minimum Gasteiger partial charge on any atom is -0.495 e. The quantitative estimate of drug-likeness (QED) is 0.875. The van der Waals surface area contributed by atoms with Gasteiger partial charge in [0.15, 0.2) is 0 Å². The van der Waals surface area contributed by atoms with Crippen LogP contribution in [0.5, 0.6) is 5.75 Å². The van der Waals surface area contributed by atoms with Crippen LogP contribution in [0.15, 0.2) is 12.1 Å². The molecule has 0 amide bonds. The Balaban J connectivity index is 2.39. The maximum atomic E-state index is 6.24. The first-order valence-corrected chi connectivity index (χ1v) is 5.97. The third-order valence-corrected chi connectivity index (χ3v) is 3.75. The van der Waals surface area contributed by atoms with E-state index in [0.29, 0.717) is 15.8 Å². The van der Waals surface area contributed by atoms with Crippen LogP contribution < -0.4 is 10.1 Å². The van der Waals surface area contributed by atoms with E-state index in [1.54, 1.807) is 13.2 Å². The van der Waals surface area contributed by atoms with Crippen molar-refractivity contribution in [2.45, 2.75) is 19.9 Å². The van der Waals surface area contributed by atoms with E-state index in [-0.39, 0.29) is 11.5 Å². The van der Waals surface area contributed by atoms with E-state index in [2.05, 4.69) is 19.2 Å². The summed E-state index contributed by atoms with van der Waals surface area (Å²) in [4.78, 5) is 0. The highest BCUT2D eigenvalue weighted by molar-refractivity contribution is 6.34. The molecular weight excluding hydrogens is 245 g/mol. The van der Waals surface area contributed by atoms with Crippen LogP contribution in [0.2, 0.25) is 10.0 Å². The average Bonchev–Trinajstić information content (AvgIpc) is 2.21. The Morgan fingerprint density at radius 2 is 2.00 bits per heavy atom. The Morgan fingerprint density at radius 1 is 1.31 bits per heavy atom. The molecule has 16 heavy (non-hydrogen) atoms. The van der Waals surface area contributed by atoms with Gasteiger partial charge < -0.3 is 10.1 Å². The van der Waals surface area contributed by atoms with Gasteiger partial charge in [-0.15, -0.1) is 0 Å². The molecule has 2 rings (SSSR count). The molecule has 1 atom stereocenters. The van der Waals surface area contributed by atoms with Crippen molar-refractivity contribution >= 4 is 23.2 Å². The molecule has 0 aromatic heterocycles. The lowest BCUT2D eigenvalue weighted by molar-refractivity contribution is 0.128. The Kier molecular flexibility index (Phi) is 3.08. The van der Waals surface area contributed by atoms with Crippen molar-refractivity contribution in [1.29, 1.82) is 0 Å². The SMILES string of the molecule is COc1cc(Cl)c(C2NCC2(C)C)cc1Cl. The molecule has 0 spiro atoms. The second kappa shape index (κ2) is 4.10. The predicted octanol–water partition coefficient (Wildman–Crippen LogP) is 3.67. The molecule has 0 radical (unpaired) electrons. The largest absolute Gasteiger partial charge is 0.495 e. The molecule has 0 saturated carbocycles. The zero-order chi connectivity index (χ0) is 11.9. The second-order valence-corrected chi connectivity index (χ2v) is 5.63. The number of halogens is 2. The zero-order valence-corrected chi connectivity index (χ0v) is 11.1. The van der Waals surface area contributed by atoms with E-state index in [9.17, 15) is 0 Å².